The van der Waals surface area contributed by atoms with Crippen molar-refractivity contribution in [2.75, 3.05) is 18.0 Å². The standard InChI is InChI=1S/C24H19N9/c25-7-4-21(18-6-9-32(13-18)23-16(10-26)2-1-3-17(23)11-27)33-14-19(12-31-33)22-20-5-8-28-24(20)30-15-29-22/h1-3,5,8,12,14-15,18,21H,4,6,9,13H2,(H,28,29,30). The van der Waals surface area contributed by atoms with Gasteiger partial charge in [-0.25, -0.2) is 9.97 Å². The molecule has 0 bridgehead atoms. The van der Waals surface area contributed by atoms with E-state index >= 15 is 0 Å². The summed E-state index contributed by atoms with van der Waals surface area (Å²) in [6.07, 6.45) is 8.20. The molecule has 160 valence electrons. The number of anilines is 1. The van der Waals surface area contributed by atoms with Gasteiger partial charge in [0, 0.05) is 42.4 Å². The first kappa shape index (κ1) is 20.2. The number of H-pyrrole nitrogens is 1. The highest BCUT2D eigenvalue weighted by molar-refractivity contribution is 5.90. The third-order valence-corrected chi connectivity index (χ3v) is 6.23. The first-order valence-corrected chi connectivity index (χ1v) is 10.6. The number of aromatic amines is 1. The van der Waals surface area contributed by atoms with Gasteiger partial charge in [0.25, 0.3) is 0 Å². The van der Waals surface area contributed by atoms with Crippen LogP contribution < -0.4 is 4.90 Å². The van der Waals surface area contributed by atoms with Crippen LogP contribution in [0.2, 0.25) is 0 Å². The Morgan fingerprint density at radius 3 is 2.70 bits per heavy atom. The van der Waals surface area contributed by atoms with Gasteiger partial charge in [-0.2, -0.15) is 20.9 Å². The number of aromatic nitrogens is 5. The van der Waals surface area contributed by atoms with Crippen molar-refractivity contribution in [1.82, 2.24) is 24.7 Å². The molecule has 4 heterocycles. The fraction of sp³-hybridized carbons (Fsp3) is 0.250. The predicted molar refractivity (Wildman–Crippen MR) is 121 cm³/mol. The van der Waals surface area contributed by atoms with Crippen LogP contribution in [0.4, 0.5) is 5.69 Å². The van der Waals surface area contributed by atoms with Crippen molar-refractivity contribution in [1.29, 1.82) is 15.8 Å². The summed E-state index contributed by atoms with van der Waals surface area (Å²) in [5.74, 6) is 0.147. The van der Waals surface area contributed by atoms with E-state index in [2.05, 4.69) is 43.2 Å². The highest BCUT2D eigenvalue weighted by Crippen LogP contribution is 2.36. The molecule has 0 radical (unpaired) electrons. The van der Waals surface area contributed by atoms with Crippen molar-refractivity contribution in [3.63, 3.8) is 0 Å². The lowest BCUT2D eigenvalue weighted by molar-refractivity contribution is 0.332. The SMILES string of the molecule is N#CCC(C1CCN(c2c(C#N)cccc2C#N)C1)n1cc(-c2ncnc3[nH]ccc23)cn1. The summed E-state index contributed by atoms with van der Waals surface area (Å²) in [7, 11) is 0. The van der Waals surface area contributed by atoms with Crippen LogP contribution in [-0.2, 0) is 0 Å². The van der Waals surface area contributed by atoms with Crippen LogP contribution in [0.15, 0.2) is 49.2 Å². The number of nitrogens with one attached hydrogen (secondary N) is 1. The van der Waals surface area contributed by atoms with Gasteiger partial charge in [-0.05, 0) is 24.6 Å². The summed E-state index contributed by atoms with van der Waals surface area (Å²) in [5, 5.41) is 34.1. The third kappa shape index (κ3) is 3.54. The highest BCUT2D eigenvalue weighted by Gasteiger charge is 2.33. The molecule has 9 heteroatoms. The van der Waals surface area contributed by atoms with Crippen LogP contribution in [-0.4, -0.2) is 37.8 Å². The highest BCUT2D eigenvalue weighted by atomic mass is 15.3. The molecule has 2 unspecified atom stereocenters. The quantitative estimate of drug-likeness (QED) is 0.508. The normalized spacial score (nSPS) is 16.3. The summed E-state index contributed by atoms with van der Waals surface area (Å²) in [5.41, 5.74) is 4.08. The van der Waals surface area contributed by atoms with Gasteiger partial charge in [0.1, 0.15) is 24.1 Å². The van der Waals surface area contributed by atoms with E-state index in [1.54, 1.807) is 24.4 Å². The van der Waals surface area contributed by atoms with Gasteiger partial charge in [0.15, 0.2) is 0 Å². The van der Waals surface area contributed by atoms with E-state index in [4.69, 9.17) is 0 Å². The summed E-state index contributed by atoms with van der Waals surface area (Å²) in [6, 6.07) is 13.7. The van der Waals surface area contributed by atoms with Crippen LogP contribution in [0.25, 0.3) is 22.3 Å². The van der Waals surface area contributed by atoms with Crippen molar-refractivity contribution in [2.45, 2.75) is 18.9 Å². The lowest BCUT2D eigenvalue weighted by Crippen LogP contribution is -2.26. The van der Waals surface area contributed by atoms with Gasteiger partial charge in [-0.1, -0.05) is 6.07 Å². The van der Waals surface area contributed by atoms with E-state index < -0.39 is 0 Å². The molecule has 0 aliphatic carbocycles. The smallest absolute Gasteiger partial charge is 0.141 e. The Kier molecular flexibility index (Phi) is 5.18. The third-order valence-electron chi connectivity index (χ3n) is 6.23. The van der Waals surface area contributed by atoms with Crippen LogP contribution in [0.3, 0.4) is 0 Å². The molecule has 33 heavy (non-hydrogen) atoms. The molecular weight excluding hydrogens is 414 g/mol. The number of hydrogen-bond donors (Lipinski definition) is 1. The Morgan fingerprint density at radius 2 is 1.94 bits per heavy atom. The second-order valence-electron chi connectivity index (χ2n) is 8.02. The molecule has 4 aromatic rings. The largest absolute Gasteiger partial charge is 0.369 e. The van der Waals surface area contributed by atoms with Crippen LogP contribution >= 0.6 is 0 Å². The Bertz CT molecular complexity index is 1410. The molecule has 1 aromatic carbocycles. The minimum atomic E-state index is -0.128. The Hall–Kier alpha value is -4.68. The van der Waals surface area contributed by atoms with Gasteiger partial charge >= 0.3 is 0 Å². The van der Waals surface area contributed by atoms with E-state index in [-0.39, 0.29) is 12.0 Å². The molecule has 5 rings (SSSR count). The molecule has 0 amide bonds. The fourth-order valence-corrected chi connectivity index (χ4v) is 4.68. The summed E-state index contributed by atoms with van der Waals surface area (Å²) in [4.78, 5) is 13.9. The number of fused-ring (bicyclic) bond motifs is 1. The van der Waals surface area contributed by atoms with E-state index in [9.17, 15) is 15.8 Å². The van der Waals surface area contributed by atoms with E-state index in [1.165, 1.54) is 6.33 Å². The van der Waals surface area contributed by atoms with Gasteiger partial charge in [-0.15, -0.1) is 0 Å². The summed E-state index contributed by atoms with van der Waals surface area (Å²) >= 11 is 0. The molecule has 1 fully saturated rings. The zero-order valence-corrected chi connectivity index (χ0v) is 17.7. The first-order valence-electron chi connectivity index (χ1n) is 10.6. The maximum absolute atomic E-state index is 9.55. The molecular formula is C24H19N9. The summed E-state index contributed by atoms with van der Waals surface area (Å²) in [6.45, 7) is 1.36. The van der Waals surface area contributed by atoms with Crippen LogP contribution in [0.1, 0.15) is 30.0 Å². The minimum absolute atomic E-state index is 0.128. The van der Waals surface area contributed by atoms with E-state index in [0.29, 0.717) is 36.3 Å². The monoisotopic (exact) mass is 433 g/mol. The van der Waals surface area contributed by atoms with E-state index in [0.717, 1.165) is 28.7 Å². The molecule has 0 spiro atoms. The second-order valence-corrected chi connectivity index (χ2v) is 8.02. The Morgan fingerprint density at radius 1 is 1.12 bits per heavy atom. The molecule has 9 nitrogen and oxygen atoms in total. The number of nitrogens with zero attached hydrogens (tertiary/aromatic N) is 8. The van der Waals surface area contributed by atoms with Crippen LogP contribution in [0.5, 0.6) is 0 Å². The molecule has 1 saturated heterocycles. The number of rotatable bonds is 5. The number of nitriles is 3. The predicted octanol–water partition coefficient (Wildman–Crippen LogP) is 3.55. The maximum Gasteiger partial charge on any atom is 0.141 e. The number of para-hydroxylation sites is 1. The maximum atomic E-state index is 9.55. The number of benzene rings is 1. The van der Waals surface area contributed by atoms with Crippen molar-refractivity contribution in [3.05, 3.63) is 60.3 Å². The molecule has 0 saturated carbocycles. The van der Waals surface area contributed by atoms with Crippen molar-refractivity contribution in [3.8, 4) is 29.5 Å². The summed E-state index contributed by atoms with van der Waals surface area (Å²) < 4.78 is 1.86. The average molecular weight is 433 g/mol. The Balaban J connectivity index is 1.44. The van der Waals surface area contributed by atoms with Gasteiger partial charge in [-0.3, -0.25) is 4.68 Å². The van der Waals surface area contributed by atoms with Crippen LogP contribution in [0, 0.1) is 39.9 Å². The molecule has 1 N–H and O–H groups in total. The number of hydrogen-bond acceptors (Lipinski definition) is 7. The molecule has 3 aromatic heterocycles. The van der Waals surface area contributed by atoms with Crippen molar-refractivity contribution in [2.24, 2.45) is 5.92 Å². The lowest BCUT2D eigenvalue weighted by atomic mass is 9.96. The van der Waals surface area contributed by atoms with Gasteiger partial charge in [0.2, 0.25) is 0 Å². The van der Waals surface area contributed by atoms with Gasteiger partial charge < -0.3 is 9.88 Å². The zero-order chi connectivity index (χ0) is 22.8. The lowest BCUT2D eigenvalue weighted by Gasteiger charge is -2.24. The minimum Gasteiger partial charge on any atom is -0.369 e. The van der Waals surface area contributed by atoms with Crippen molar-refractivity contribution < 1.29 is 0 Å². The fourth-order valence-electron chi connectivity index (χ4n) is 4.68. The average Bonchev–Trinajstić information content (AvgIpc) is 3.62. The van der Waals surface area contributed by atoms with E-state index in [1.807, 2.05) is 23.1 Å². The van der Waals surface area contributed by atoms with Crippen molar-refractivity contribution >= 4 is 16.7 Å². The zero-order valence-electron chi connectivity index (χ0n) is 17.7. The topological polar surface area (TPSA) is 134 Å². The second kappa shape index (κ2) is 8.45. The first-order chi connectivity index (χ1) is 16.2. The van der Waals surface area contributed by atoms with Gasteiger partial charge in [0.05, 0.1) is 47.2 Å². The molecule has 1 aliphatic rings. The molecule has 2 atom stereocenters. The molecule has 1 aliphatic heterocycles. The Labute approximate surface area is 190 Å².